The Morgan fingerprint density at radius 2 is 2.00 bits per heavy atom. The van der Waals surface area contributed by atoms with Gasteiger partial charge in [0.15, 0.2) is 0 Å². The first-order chi connectivity index (χ1) is 18.2. The first-order valence-electron chi connectivity index (χ1n) is 12.5. The Hall–Kier alpha value is -3.15. The van der Waals surface area contributed by atoms with E-state index >= 15 is 0 Å². The molecule has 2 aliphatic heterocycles. The van der Waals surface area contributed by atoms with Crippen molar-refractivity contribution in [1.29, 1.82) is 5.26 Å². The summed E-state index contributed by atoms with van der Waals surface area (Å²) in [7, 11) is -1.97. The summed E-state index contributed by atoms with van der Waals surface area (Å²) >= 11 is 0. The fraction of sp³-hybridized carbons (Fsp3) is 0.560. The fourth-order valence-electron chi connectivity index (χ4n) is 4.71. The molecular weight excluding hydrogens is 523 g/mol. The molecule has 2 aliphatic rings. The van der Waals surface area contributed by atoms with Gasteiger partial charge in [0.25, 0.3) is 11.8 Å². The number of alkyl carbamates (subject to hydrolysis) is 1. The Kier molecular flexibility index (Phi) is 9.63. The molecule has 0 saturated carbocycles. The quantitative estimate of drug-likeness (QED) is 0.185. The summed E-state index contributed by atoms with van der Waals surface area (Å²) in [6.07, 6.45) is -1.77. The van der Waals surface area contributed by atoms with Crippen LogP contribution in [0.5, 0.6) is 0 Å². The molecule has 39 heavy (non-hydrogen) atoms. The largest absolute Gasteiger partial charge is 0.475 e. The number of carbonyl (C=O) groups excluding carboxylic acids is 2. The number of amides is 2. The Balaban J connectivity index is 1.63. The molecule has 212 valence electrons. The molecule has 1 aromatic rings. The van der Waals surface area contributed by atoms with E-state index < -0.39 is 67.7 Å². The van der Waals surface area contributed by atoms with Gasteiger partial charge in [-0.05, 0) is 44.0 Å². The molecule has 2 amide bonds. The van der Waals surface area contributed by atoms with Crippen molar-refractivity contribution in [2.24, 2.45) is 0 Å². The summed E-state index contributed by atoms with van der Waals surface area (Å²) in [5.74, 6) is -5.37. The topological polar surface area (TPSA) is 126 Å². The molecule has 14 heteroatoms. The Morgan fingerprint density at radius 3 is 2.56 bits per heavy atom. The highest BCUT2D eigenvalue weighted by Gasteiger charge is 2.44. The number of ether oxygens (including phenoxy) is 1. The van der Waals surface area contributed by atoms with Gasteiger partial charge in [-0.1, -0.05) is 12.1 Å². The van der Waals surface area contributed by atoms with Gasteiger partial charge in [-0.3, -0.25) is 9.69 Å². The average Bonchev–Trinajstić information content (AvgIpc) is 3.43. The van der Waals surface area contributed by atoms with E-state index in [1.165, 1.54) is 35.2 Å². The molecule has 0 spiro atoms. The molecule has 0 aliphatic carbocycles. The van der Waals surface area contributed by atoms with Crippen LogP contribution in [-0.4, -0.2) is 94.8 Å². The molecular formula is C25H31BF4N4O5. The summed E-state index contributed by atoms with van der Waals surface area (Å²) in [6, 6.07) is 6.05. The van der Waals surface area contributed by atoms with Crippen molar-refractivity contribution in [1.82, 2.24) is 15.1 Å². The molecule has 9 nitrogen and oxygen atoms in total. The number of rotatable bonds is 9. The van der Waals surface area contributed by atoms with Gasteiger partial charge in [-0.15, -0.1) is 0 Å². The summed E-state index contributed by atoms with van der Waals surface area (Å²) < 4.78 is 59.9. The van der Waals surface area contributed by atoms with Crippen molar-refractivity contribution in [3.63, 3.8) is 0 Å². The van der Waals surface area contributed by atoms with Crippen LogP contribution in [-0.2, 0) is 16.0 Å². The first kappa shape index (κ1) is 30.4. The minimum Gasteiger partial charge on any atom is -0.447 e. The smallest absolute Gasteiger partial charge is 0.447 e. The monoisotopic (exact) mass is 554 g/mol. The highest BCUT2D eigenvalue weighted by Crippen LogP contribution is 2.33. The third-order valence-corrected chi connectivity index (χ3v) is 6.90. The number of hydrogen-bond donors (Lipinski definition) is 3. The highest BCUT2D eigenvalue weighted by molar-refractivity contribution is 6.43. The second-order valence-corrected chi connectivity index (χ2v) is 10.4. The molecule has 0 radical (unpaired) electrons. The van der Waals surface area contributed by atoms with Gasteiger partial charge in [-0.25, -0.2) is 22.4 Å². The highest BCUT2D eigenvalue weighted by atomic mass is 19.3. The lowest BCUT2D eigenvalue weighted by Gasteiger charge is -2.33. The first-order valence-corrected chi connectivity index (χ1v) is 12.5. The summed E-state index contributed by atoms with van der Waals surface area (Å²) in [4.78, 5) is 28.0. The van der Waals surface area contributed by atoms with Crippen LogP contribution in [0.25, 0.3) is 0 Å². The maximum Gasteiger partial charge on any atom is 0.475 e. The zero-order chi connectivity index (χ0) is 29.0. The number of benzene rings is 1. The van der Waals surface area contributed by atoms with E-state index in [0.717, 1.165) is 4.90 Å². The number of nitrogens with one attached hydrogen (secondary N) is 1. The minimum atomic E-state index is -2.87. The molecule has 2 saturated heterocycles. The van der Waals surface area contributed by atoms with E-state index in [-0.39, 0.29) is 37.9 Å². The number of hydrogen-bond acceptors (Lipinski definition) is 7. The van der Waals surface area contributed by atoms with Gasteiger partial charge in [0.05, 0.1) is 25.1 Å². The Labute approximate surface area is 224 Å². The number of carbonyl (C=O) groups is 2. The van der Waals surface area contributed by atoms with E-state index in [4.69, 9.17) is 4.74 Å². The Bertz CT molecular complexity index is 1110. The predicted octanol–water partition coefficient (Wildman–Crippen LogP) is 1.98. The van der Waals surface area contributed by atoms with Crippen LogP contribution >= 0.6 is 0 Å². The van der Waals surface area contributed by atoms with Crippen LogP contribution in [0.15, 0.2) is 35.9 Å². The molecule has 0 unspecified atom stereocenters. The predicted molar refractivity (Wildman–Crippen MR) is 132 cm³/mol. The van der Waals surface area contributed by atoms with Gasteiger partial charge in [0.1, 0.15) is 30.2 Å². The molecule has 0 aromatic heterocycles. The van der Waals surface area contributed by atoms with Crippen LogP contribution in [0.4, 0.5) is 22.4 Å². The minimum absolute atomic E-state index is 0.0529. The average molecular weight is 554 g/mol. The van der Waals surface area contributed by atoms with Gasteiger partial charge in [0, 0.05) is 24.9 Å². The number of alkyl halides is 3. The van der Waals surface area contributed by atoms with E-state index in [1.54, 1.807) is 19.9 Å². The SMILES string of the molecule is CC(C)(C=C(C#N)C(=O)N1C[C@@H](F)C[C@@H]1COC(=O)N[C@@H](Cc1ccc(F)cc1)B(O)O)N1CCC(F)(F)C1. The van der Waals surface area contributed by atoms with Crippen LogP contribution < -0.4 is 5.32 Å². The number of likely N-dealkylation sites (tertiary alicyclic amines) is 2. The molecule has 3 N–H and O–H groups in total. The van der Waals surface area contributed by atoms with Crippen LogP contribution in [0.3, 0.4) is 0 Å². The summed E-state index contributed by atoms with van der Waals surface area (Å²) in [5, 5.41) is 31.2. The van der Waals surface area contributed by atoms with Gasteiger partial charge in [-0.2, -0.15) is 5.26 Å². The molecule has 1 aromatic carbocycles. The second kappa shape index (κ2) is 12.4. The lowest BCUT2D eigenvalue weighted by Crippen LogP contribution is -2.49. The van der Waals surface area contributed by atoms with E-state index in [2.05, 4.69) is 5.32 Å². The fourth-order valence-corrected chi connectivity index (χ4v) is 4.71. The van der Waals surface area contributed by atoms with Crippen molar-refractivity contribution in [2.75, 3.05) is 26.2 Å². The van der Waals surface area contributed by atoms with Crippen molar-refractivity contribution in [2.45, 2.75) is 62.7 Å². The van der Waals surface area contributed by atoms with Crippen LogP contribution in [0, 0.1) is 17.1 Å². The molecule has 3 rings (SSSR count). The van der Waals surface area contributed by atoms with Gasteiger partial charge < -0.3 is 25.0 Å². The van der Waals surface area contributed by atoms with Gasteiger partial charge >= 0.3 is 13.2 Å². The third-order valence-electron chi connectivity index (χ3n) is 6.90. The van der Waals surface area contributed by atoms with E-state index in [9.17, 15) is 42.5 Å². The number of nitrogens with zero attached hydrogens (tertiary/aromatic N) is 3. The number of halogens is 4. The van der Waals surface area contributed by atoms with E-state index in [1.807, 2.05) is 0 Å². The van der Waals surface area contributed by atoms with Crippen molar-refractivity contribution >= 4 is 19.1 Å². The third kappa shape index (κ3) is 8.17. The normalized spacial score (nSPS) is 22.3. The molecule has 3 atom stereocenters. The molecule has 2 fully saturated rings. The van der Waals surface area contributed by atoms with Crippen molar-refractivity contribution in [3.05, 3.63) is 47.3 Å². The lowest BCUT2D eigenvalue weighted by atomic mass is 9.76. The van der Waals surface area contributed by atoms with Crippen molar-refractivity contribution < 1.29 is 41.9 Å². The maximum atomic E-state index is 14.3. The standard InChI is InChI=1S/C25H31BF4N4O5/c1-24(2,33-8-7-25(29,30)15-33)11-17(12-31)22(35)34-13-19(28)10-20(34)14-39-23(36)32-21(26(37)38)9-16-3-5-18(27)6-4-16/h3-6,11,19-21,37-38H,7-10,13-15H2,1-2H3,(H,32,36)/t19-,20+,21-/m0/s1. The van der Waals surface area contributed by atoms with Crippen molar-refractivity contribution in [3.8, 4) is 6.07 Å². The zero-order valence-corrected chi connectivity index (χ0v) is 21.6. The summed E-state index contributed by atoms with van der Waals surface area (Å²) in [6.45, 7) is 1.97. The van der Waals surface area contributed by atoms with E-state index in [0.29, 0.717) is 5.56 Å². The number of nitriles is 1. The zero-order valence-electron chi connectivity index (χ0n) is 21.6. The molecule has 0 bridgehead atoms. The van der Waals surface area contributed by atoms with Crippen LogP contribution in [0.1, 0.15) is 32.3 Å². The second-order valence-electron chi connectivity index (χ2n) is 10.4. The summed E-state index contributed by atoms with van der Waals surface area (Å²) in [5.41, 5.74) is -0.882. The van der Waals surface area contributed by atoms with Gasteiger partial charge in [0.2, 0.25) is 0 Å². The lowest BCUT2D eigenvalue weighted by molar-refractivity contribution is -0.128. The Morgan fingerprint density at radius 1 is 1.33 bits per heavy atom. The maximum absolute atomic E-state index is 14.3. The van der Waals surface area contributed by atoms with Crippen LogP contribution in [0.2, 0.25) is 0 Å². The molecule has 2 heterocycles.